The molecule has 1 heterocycles. The van der Waals surface area contributed by atoms with E-state index in [0.29, 0.717) is 5.69 Å². The number of carbonyl (C=O) groups is 2. The fourth-order valence-corrected chi connectivity index (χ4v) is 3.58. The van der Waals surface area contributed by atoms with Crippen LogP contribution < -0.4 is 10.0 Å². The summed E-state index contributed by atoms with van der Waals surface area (Å²) < 4.78 is 26.7. The Hall–Kier alpha value is -2.23. The third kappa shape index (κ3) is 3.48. The third-order valence-corrected chi connectivity index (χ3v) is 5.21. The average molecular weight is 351 g/mol. The zero-order valence-electron chi connectivity index (χ0n) is 12.7. The molecule has 0 unspecified atom stereocenters. The Labute approximate surface area is 139 Å². The number of rotatable bonds is 7. The maximum absolute atomic E-state index is 12.1. The number of β-amino-alcohol motifs (C(OH)–C–C–N with tert-alkyl or cyclic N) is 1. The van der Waals surface area contributed by atoms with Crippen molar-refractivity contribution in [2.24, 2.45) is 0 Å². The molecule has 1 aromatic carbocycles. The van der Waals surface area contributed by atoms with Gasteiger partial charge < -0.3 is 10.4 Å². The van der Waals surface area contributed by atoms with Gasteiger partial charge in [0.05, 0.1) is 18.0 Å². The lowest BCUT2D eigenvalue weighted by Gasteiger charge is -2.13. The summed E-state index contributed by atoms with van der Waals surface area (Å²) in [5.41, 5.74) is 0.568. The number of hydrogen-bond donors (Lipinski definition) is 3. The predicted octanol–water partition coefficient (Wildman–Crippen LogP) is -0.216. The number of aliphatic hydroxyl groups excluding tert-OH is 1. The van der Waals surface area contributed by atoms with E-state index in [1.807, 2.05) is 0 Å². The number of sulfonamides is 1. The Morgan fingerprint density at radius 2 is 1.83 bits per heavy atom. The zero-order valence-corrected chi connectivity index (χ0v) is 13.5. The molecule has 2 amide bonds. The fourth-order valence-electron chi connectivity index (χ4n) is 2.27. The number of imide groups is 1. The monoisotopic (exact) mass is 351 g/mol. The Balaban J connectivity index is 1.69. The highest BCUT2D eigenvalue weighted by Crippen LogP contribution is 2.23. The fraction of sp³-hybridized carbons (Fsp3) is 0.333. The van der Waals surface area contributed by atoms with Crippen molar-refractivity contribution in [3.05, 3.63) is 36.0 Å². The predicted molar refractivity (Wildman–Crippen MR) is 85.3 cm³/mol. The van der Waals surface area contributed by atoms with Gasteiger partial charge in [-0.3, -0.25) is 14.5 Å². The Kier molecular flexibility index (Phi) is 4.39. The van der Waals surface area contributed by atoms with E-state index in [1.54, 1.807) is 0 Å². The quantitative estimate of drug-likeness (QED) is 0.585. The molecule has 128 valence electrons. The number of aliphatic hydroxyl groups is 1. The summed E-state index contributed by atoms with van der Waals surface area (Å²) >= 11 is 0. The molecule has 0 saturated heterocycles. The number of benzene rings is 1. The van der Waals surface area contributed by atoms with Crippen LogP contribution in [0.15, 0.2) is 40.9 Å². The number of anilines is 1. The highest BCUT2D eigenvalue weighted by atomic mass is 32.2. The third-order valence-electron chi connectivity index (χ3n) is 3.68. The molecule has 9 heteroatoms. The molecular weight excluding hydrogens is 334 g/mol. The summed E-state index contributed by atoms with van der Waals surface area (Å²) in [6.45, 7) is -0.373. The van der Waals surface area contributed by atoms with Crippen LogP contribution >= 0.6 is 0 Å². The molecular formula is C15H17N3O5S. The molecule has 3 rings (SSSR count). The lowest BCUT2D eigenvalue weighted by Crippen LogP contribution is -2.34. The van der Waals surface area contributed by atoms with Crippen LogP contribution in [0.2, 0.25) is 0 Å². The Morgan fingerprint density at radius 1 is 1.17 bits per heavy atom. The van der Waals surface area contributed by atoms with Crippen LogP contribution in [0.3, 0.4) is 0 Å². The normalized spacial score (nSPS) is 18.0. The van der Waals surface area contributed by atoms with E-state index < -0.39 is 21.8 Å². The van der Waals surface area contributed by atoms with E-state index >= 15 is 0 Å². The van der Waals surface area contributed by atoms with Crippen molar-refractivity contribution in [3.8, 4) is 0 Å². The summed E-state index contributed by atoms with van der Waals surface area (Å²) in [4.78, 5) is 24.8. The summed E-state index contributed by atoms with van der Waals surface area (Å²) in [7, 11) is -3.53. The summed E-state index contributed by atoms with van der Waals surface area (Å²) in [5, 5.41) is 11.7. The molecule has 1 aliphatic heterocycles. The summed E-state index contributed by atoms with van der Waals surface area (Å²) in [5.74, 6) is -1.02. The van der Waals surface area contributed by atoms with Crippen LogP contribution in [-0.4, -0.2) is 49.4 Å². The van der Waals surface area contributed by atoms with Crippen LogP contribution in [-0.2, 0) is 19.6 Å². The first-order chi connectivity index (χ1) is 11.4. The van der Waals surface area contributed by atoms with E-state index in [9.17, 15) is 18.0 Å². The molecule has 3 N–H and O–H groups in total. The van der Waals surface area contributed by atoms with Gasteiger partial charge in [0.1, 0.15) is 5.70 Å². The van der Waals surface area contributed by atoms with Crippen LogP contribution in [0.1, 0.15) is 12.8 Å². The van der Waals surface area contributed by atoms with Gasteiger partial charge in [0, 0.05) is 17.8 Å². The second-order valence-electron chi connectivity index (χ2n) is 5.62. The van der Waals surface area contributed by atoms with E-state index in [-0.39, 0.29) is 29.8 Å². The molecule has 0 spiro atoms. The van der Waals surface area contributed by atoms with E-state index in [1.165, 1.54) is 24.3 Å². The molecule has 0 atom stereocenters. The SMILES string of the molecule is O=C1C=C(Nc2ccc(S(=O)(=O)NC3CC3)cc2)C(=O)N1CCO. The standard InChI is InChI=1S/C15H17N3O5S/c19-8-7-18-14(20)9-13(15(18)21)16-10-3-5-12(6-4-10)24(22,23)17-11-1-2-11/h3-6,9,11,16-17,19H,1-2,7-8H2. The van der Waals surface area contributed by atoms with Crippen LogP contribution in [0.5, 0.6) is 0 Å². The molecule has 8 nitrogen and oxygen atoms in total. The summed E-state index contributed by atoms with van der Waals surface area (Å²) in [6, 6.07) is 5.93. The zero-order chi connectivity index (χ0) is 17.3. The minimum atomic E-state index is -3.53. The van der Waals surface area contributed by atoms with Crippen molar-refractivity contribution in [1.82, 2.24) is 9.62 Å². The van der Waals surface area contributed by atoms with Gasteiger partial charge in [0.25, 0.3) is 11.8 Å². The molecule has 1 fully saturated rings. The minimum Gasteiger partial charge on any atom is -0.395 e. The smallest absolute Gasteiger partial charge is 0.277 e. The Morgan fingerprint density at radius 3 is 2.42 bits per heavy atom. The van der Waals surface area contributed by atoms with Crippen molar-refractivity contribution in [2.45, 2.75) is 23.8 Å². The molecule has 2 aliphatic rings. The number of nitrogens with zero attached hydrogens (tertiary/aromatic N) is 1. The van der Waals surface area contributed by atoms with Crippen molar-refractivity contribution in [3.63, 3.8) is 0 Å². The van der Waals surface area contributed by atoms with Crippen molar-refractivity contribution >= 4 is 27.5 Å². The van der Waals surface area contributed by atoms with E-state index in [2.05, 4.69) is 10.0 Å². The number of carbonyl (C=O) groups excluding carboxylic acids is 2. The van der Waals surface area contributed by atoms with Crippen molar-refractivity contribution in [1.29, 1.82) is 0 Å². The molecule has 0 bridgehead atoms. The van der Waals surface area contributed by atoms with E-state index in [4.69, 9.17) is 5.11 Å². The maximum atomic E-state index is 12.1. The minimum absolute atomic E-state index is 0.0255. The highest BCUT2D eigenvalue weighted by molar-refractivity contribution is 7.89. The van der Waals surface area contributed by atoms with Gasteiger partial charge in [-0.15, -0.1) is 0 Å². The van der Waals surface area contributed by atoms with Crippen LogP contribution in [0.25, 0.3) is 0 Å². The molecule has 1 aromatic rings. The first kappa shape index (κ1) is 16.6. The number of amides is 2. The molecule has 1 aliphatic carbocycles. The van der Waals surface area contributed by atoms with Gasteiger partial charge in [0.15, 0.2) is 0 Å². The molecule has 1 saturated carbocycles. The Bertz CT molecular complexity index is 797. The van der Waals surface area contributed by atoms with Crippen LogP contribution in [0.4, 0.5) is 5.69 Å². The average Bonchev–Trinajstić information content (AvgIpc) is 3.30. The molecule has 24 heavy (non-hydrogen) atoms. The summed E-state index contributed by atoms with van der Waals surface area (Å²) in [6.07, 6.45) is 2.86. The van der Waals surface area contributed by atoms with Gasteiger partial charge in [0.2, 0.25) is 10.0 Å². The lowest BCUT2D eigenvalue weighted by molar-refractivity contribution is -0.137. The van der Waals surface area contributed by atoms with Gasteiger partial charge in [-0.05, 0) is 37.1 Å². The second kappa shape index (κ2) is 6.34. The second-order valence-corrected chi connectivity index (χ2v) is 7.34. The number of nitrogens with one attached hydrogen (secondary N) is 2. The van der Waals surface area contributed by atoms with Gasteiger partial charge in [-0.25, -0.2) is 13.1 Å². The highest BCUT2D eigenvalue weighted by Gasteiger charge is 2.31. The maximum Gasteiger partial charge on any atom is 0.277 e. The van der Waals surface area contributed by atoms with Crippen LogP contribution in [0, 0.1) is 0 Å². The number of hydrogen-bond acceptors (Lipinski definition) is 6. The lowest BCUT2D eigenvalue weighted by atomic mass is 10.3. The first-order valence-electron chi connectivity index (χ1n) is 7.48. The van der Waals surface area contributed by atoms with Gasteiger partial charge in [-0.1, -0.05) is 0 Å². The van der Waals surface area contributed by atoms with Gasteiger partial charge in [-0.2, -0.15) is 0 Å². The molecule has 0 radical (unpaired) electrons. The van der Waals surface area contributed by atoms with E-state index in [0.717, 1.165) is 23.8 Å². The van der Waals surface area contributed by atoms with Gasteiger partial charge >= 0.3 is 0 Å². The largest absolute Gasteiger partial charge is 0.395 e. The first-order valence-corrected chi connectivity index (χ1v) is 8.97. The molecule has 0 aromatic heterocycles. The topological polar surface area (TPSA) is 116 Å². The van der Waals surface area contributed by atoms with Crippen molar-refractivity contribution < 1.29 is 23.1 Å². The van der Waals surface area contributed by atoms with Crippen molar-refractivity contribution in [2.75, 3.05) is 18.5 Å².